The van der Waals surface area contributed by atoms with Gasteiger partial charge in [0.2, 0.25) is 0 Å². The molecular weight excluding hydrogens is 306 g/mol. The molecule has 0 radical (unpaired) electrons. The summed E-state index contributed by atoms with van der Waals surface area (Å²) in [5.41, 5.74) is 4.47. The summed E-state index contributed by atoms with van der Waals surface area (Å²) in [6.07, 6.45) is 0. The van der Waals surface area contributed by atoms with Gasteiger partial charge in [-0.05, 0) is 52.2 Å². The molecule has 0 saturated heterocycles. The third-order valence-electron chi connectivity index (χ3n) is 4.30. The summed E-state index contributed by atoms with van der Waals surface area (Å²) in [5, 5.41) is 5.96. The van der Waals surface area contributed by atoms with Crippen molar-refractivity contribution in [2.24, 2.45) is 0 Å². The average molecular weight is 325 g/mol. The Labute approximate surface area is 147 Å². The number of nitrogens with one attached hydrogen (secondary N) is 1. The van der Waals surface area contributed by atoms with E-state index in [0.717, 1.165) is 17.1 Å². The van der Waals surface area contributed by atoms with Gasteiger partial charge in [-0.15, -0.1) is 0 Å². The van der Waals surface area contributed by atoms with Crippen molar-refractivity contribution < 1.29 is 4.74 Å². The van der Waals surface area contributed by atoms with Gasteiger partial charge < -0.3 is 10.1 Å². The van der Waals surface area contributed by atoms with E-state index >= 15 is 0 Å². The van der Waals surface area contributed by atoms with Gasteiger partial charge in [-0.25, -0.2) is 0 Å². The maximum atomic E-state index is 5.29. The number of fused-ring (bicyclic) bond motifs is 1. The van der Waals surface area contributed by atoms with Crippen LogP contribution in [-0.2, 0) is 0 Å². The quantitative estimate of drug-likeness (QED) is 0.478. The van der Waals surface area contributed by atoms with Gasteiger partial charge in [0.25, 0.3) is 0 Å². The molecule has 1 N–H and O–H groups in total. The van der Waals surface area contributed by atoms with E-state index in [-0.39, 0.29) is 0 Å². The third-order valence-corrected chi connectivity index (χ3v) is 4.30. The largest absolute Gasteiger partial charge is 0.497 e. The summed E-state index contributed by atoms with van der Waals surface area (Å²) in [6.45, 7) is 0. The zero-order valence-electron chi connectivity index (χ0n) is 14.1. The molecular formula is C23H19NO. The first-order valence-corrected chi connectivity index (χ1v) is 8.32. The number of benzene rings is 4. The fourth-order valence-electron chi connectivity index (χ4n) is 3.01. The van der Waals surface area contributed by atoms with E-state index in [2.05, 4.69) is 72.0 Å². The van der Waals surface area contributed by atoms with E-state index in [1.54, 1.807) is 7.11 Å². The molecule has 0 heterocycles. The van der Waals surface area contributed by atoms with E-state index in [1.807, 2.05) is 24.3 Å². The van der Waals surface area contributed by atoms with Crippen molar-refractivity contribution in [2.45, 2.75) is 0 Å². The molecule has 0 unspecified atom stereocenters. The molecule has 122 valence electrons. The molecule has 0 amide bonds. The highest BCUT2D eigenvalue weighted by Gasteiger charge is 2.02. The van der Waals surface area contributed by atoms with Gasteiger partial charge in [0.15, 0.2) is 0 Å². The molecule has 0 saturated carbocycles. The summed E-state index contributed by atoms with van der Waals surface area (Å²) in [6, 6.07) is 31.4. The maximum Gasteiger partial charge on any atom is 0.120 e. The van der Waals surface area contributed by atoms with Gasteiger partial charge in [-0.1, -0.05) is 54.6 Å². The fourth-order valence-corrected chi connectivity index (χ4v) is 3.01. The van der Waals surface area contributed by atoms with Crippen LogP contribution in [-0.4, -0.2) is 7.11 Å². The van der Waals surface area contributed by atoms with Crippen molar-refractivity contribution >= 4 is 22.1 Å². The predicted molar refractivity (Wildman–Crippen MR) is 106 cm³/mol. The zero-order chi connectivity index (χ0) is 17.1. The van der Waals surface area contributed by atoms with E-state index in [9.17, 15) is 0 Å². The molecule has 25 heavy (non-hydrogen) atoms. The fraction of sp³-hybridized carbons (Fsp3) is 0.0435. The van der Waals surface area contributed by atoms with Crippen molar-refractivity contribution in [3.05, 3.63) is 91.0 Å². The van der Waals surface area contributed by atoms with Crippen molar-refractivity contribution in [1.29, 1.82) is 0 Å². The molecule has 0 spiro atoms. The first-order chi connectivity index (χ1) is 12.3. The minimum atomic E-state index is 0.843. The SMILES string of the molecule is COc1cccc(Nc2cccc(-c3ccc4ccccc4c3)c2)c1. The molecule has 2 nitrogen and oxygen atoms in total. The van der Waals surface area contributed by atoms with Crippen LogP contribution >= 0.6 is 0 Å². The van der Waals surface area contributed by atoms with Crippen LogP contribution in [0.3, 0.4) is 0 Å². The highest BCUT2D eigenvalue weighted by atomic mass is 16.5. The van der Waals surface area contributed by atoms with Crippen molar-refractivity contribution in [3.63, 3.8) is 0 Å². The Morgan fingerprint density at radius 3 is 2.16 bits per heavy atom. The predicted octanol–water partition coefficient (Wildman–Crippen LogP) is 6.26. The van der Waals surface area contributed by atoms with Gasteiger partial charge >= 0.3 is 0 Å². The van der Waals surface area contributed by atoms with Crippen LogP contribution in [0.4, 0.5) is 11.4 Å². The first kappa shape index (κ1) is 15.3. The lowest BCUT2D eigenvalue weighted by Gasteiger charge is -2.10. The van der Waals surface area contributed by atoms with Gasteiger partial charge in [0, 0.05) is 17.4 Å². The van der Waals surface area contributed by atoms with Crippen LogP contribution in [0.1, 0.15) is 0 Å². The van der Waals surface area contributed by atoms with Crippen LogP contribution in [0.15, 0.2) is 91.0 Å². The third kappa shape index (κ3) is 3.33. The van der Waals surface area contributed by atoms with Crippen LogP contribution in [0, 0.1) is 0 Å². The zero-order valence-corrected chi connectivity index (χ0v) is 14.1. The molecule has 0 aliphatic rings. The number of hydrogen-bond acceptors (Lipinski definition) is 2. The lowest BCUT2D eigenvalue weighted by molar-refractivity contribution is 0.415. The lowest BCUT2D eigenvalue weighted by atomic mass is 10.0. The van der Waals surface area contributed by atoms with Crippen molar-refractivity contribution in [2.75, 3.05) is 12.4 Å². The summed E-state index contributed by atoms with van der Waals surface area (Å²) in [7, 11) is 1.68. The Hall–Kier alpha value is -3.26. The van der Waals surface area contributed by atoms with E-state index in [1.165, 1.54) is 21.9 Å². The Morgan fingerprint density at radius 1 is 0.600 bits per heavy atom. The van der Waals surface area contributed by atoms with Crippen LogP contribution < -0.4 is 10.1 Å². The van der Waals surface area contributed by atoms with Crippen LogP contribution in [0.25, 0.3) is 21.9 Å². The number of hydrogen-bond donors (Lipinski definition) is 1. The molecule has 0 atom stereocenters. The minimum absolute atomic E-state index is 0.843. The lowest BCUT2D eigenvalue weighted by Crippen LogP contribution is -1.91. The molecule has 2 heteroatoms. The minimum Gasteiger partial charge on any atom is -0.497 e. The molecule has 4 rings (SSSR count). The molecule has 0 aliphatic carbocycles. The molecule has 4 aromatic rings. The Balaban J connectivity index is 1.66. The highest BCUT2D eigenvalue weighted by Crippen LogP contribution is 2.28. The Kier molecular flexibility index (Phi) is 4.09. The number of anilines is 2. The summed E-state index contributed by atoms with van der Waals surface area (Å²) in [4.78, 5) is 0. The Morgan fingerprint density at radius 2 is 1.32 bits per heavy atom. The van der Waals surface area contributed by atoms with Gasteiger partial charge in [-0.3, -0.25) is 0 Å². The number of ether oxygens (including phenoxy) is 1. The summed E-state index contributed by atoms with van der Waals surface area (Å²) >= 11 is 0. The first-order valence-electron chi connectivity index (χ1n) is 8.32. The van der Waals surface area contributed by atoms with Gasteiger partial charge in [0.05, 0.1) is 7.11 Å². The number of methoxy groups -OCH3 is 1. The summed E-state index contributed by atoms with van der Waals surface area (Å²) in [5.74, 6) is 0.843. The van der Waals surface area contributed by atoms with Crippen LogP contribution in [0.2, 0.25) is 0 Å². The summed E-state index contributed by atoms with van der Waals surface area (Å²) < 4.78 is 5.29. The Bertz CT molecular complexity index is 1020. The molecule has 0 aliphatic heterocycles. The highest BCUT2D eigenvalue weighted by molar-refractivity contribution is 5.87. The second kappa shape index (κ2) is 6.70. The van der Waals surface area contributed by atoms with E-state index < -0.39 is 0 Å². The number of rotatable bonds is 4. The van der Waals surface area contributed by atoms with Gasteiger partial charge in [0.1, 0.15) is 5.75 Å². The van der Waals surface area contributed by atoms with E-state index in [0.29, 0.717) is 0 Å². The molecule has 0 fully saturated rings. The topological polar surface area (TPSA) is 21.3 Å². The average Bonchev–Trinajstić information content (AvgIpc) is 2.68. The normalized spacial score (nSPS) is 10.6. The second-order valence-corrected chi connectivity index (χ2v) is 6.00. The molecule has 0 bridgehead atoms. The molecule has 4 aromatic carbocycles. The molecule has 0 aromatic heterocycles. The standard InChI is InChI=1S/C23H19NO/c1-25-23-11-5-10-22(16-23)24-21-9-4-8-19(15-21)20-13-12-17-6-2-3-7-18(17)14-20/h2-16,24H,1H3. The van der Waals surface area contributed by atoms with Crippen LogP contribution in [0.5, 0.6) is 5.75 Å². The smallest absolute Gasteiger partial charge is 0.120 e. The van der Waals surface area contributed by atoms with E-state index in [4.69, 9.17) is 4.74 Å². The maximum absolute atomic E-state index is 5.29. The second-order valence-electron chi connectivity index (χ2n) is 6.00. The van der Waals surface area contributed by atoms with Crippen molar-refractivity contribution in [1.82, 2.24) is 0 Å². The van der Waals surface area contributed by atoms with Gasteiger partial charge in [-0.2, -0.15) is 0 Å². The monoisotopic (exact) mass is 325 g/mol. The van der Waals surface area contributed by atoms with Crippen molar-refractivity contribution in [3.8, 4) is 16.9 Å².